The Morgan fingerprint density at radius 2 is 1.62 bits per heavy atom. The lowest BCUT2D eigenvalue weighted by Crippen LogP contribution is -2.34. The molecule has 0 aliphatic carbocycles. The molecule has 2 amide bonds. The second-order valence-corrected chi connectivity index (χ2v) is 7.95. The molecular weight excluding hydrogens is 429 g/mol. The molecule has 1 heterocycles. The third-order valence-corrected chi connectivity index (χ3v) is 5.47. The fraction of sp³-hybridized carbons (Fsp3) is 0.179. The topological polar surface area (TPSA) is 46.5 Å². The number of benzene rings is 3. The first-order valence-electron chi connectivity index (χ1n) is 11.3. The minimum absolute atomic E-state index is 0.217. The molecule has 0 saturated carbocycles. The third-order valence-electron chi connectivity index (χ3n) is 5.47. The number of nitrogens with one attached hydrogen (secondary N) is 1. The maximum atomic E-state index is 13.4. The van der Waals surface area contributed by atoms with Crippen LogP contribution in [0.2, 0.25) is 0 Å². The number of carbonyl (C=O) groups is 1. The summed E-state index contributed by atoms with van der Waals surface area (Å²) < 4.78 is 21.0. The van der Waals surface area contributed by atoms with Gasteiger partial charge in [0.25, 0.3) is 0 Å². The number of nitrogens with zero attached hydrogens (tertiary/aromatic N) is 2. The third kappa shape index (κ3) is 6.04. The monoisotopic (exact) mass is 457 g/mol. The number of ether oxygens (including phenoxy) is 1. The van der Waals surface area contributed by atoms with Gasteiger partial charge in [-0.15, -0.1) is 0 Å². The normalized spacial score (nSPS) is 10.6. The summed E-state index contributed by atoms with van der Waals surface area (Å²) in [4.78, 5) is 15.2. The minimum atomic E-state index is -0.255. The maximum Gasteiger partial charge on any atom is 0.322 e. The standard InChI is InChI=1S/C28H28FN3O2/c1-2-34-27-13-7-6-12-26(27)30-28(33)32(20-22-9-4-3-5-10-22)21-25-11-8-18-31(25)19-23-14-16-24(29)17-15-23/h3-18H,2,19-21H2,1H3,(H,30,33). The molecular formula is C28H28FN3O2. The number of carbonyl (C=O) groups excluding carboxylic acids is 1. The van der Waals surface area contributed by atoms with E-state index in [0.29, 0.717) is 37.7 Å². The van der Waals surface area contributed by atoms with Crippen molar-refractivity contribution in [1.29, 1.82) is 0 Å². The largest absolute Gasteiger partial charge is 0.492 e. The summed E-state index contributed by atoms with van der Waals surface area (Å²) in [5.74, 6) is 0.382. The van der Waals surface area contributed by atoms with Crippen molar-refractivity contribution in [2.45, 2.75) is 26.6 Å². The molecule has 0 bridgehead atoms. The molecule has 1 aromatic heterocycles. The van der Waals surface area contributed by atoms with Crippen LogP contribution in [0, 0.1) is 5.82 Å². The maximum absolute atomic E-state index is 13.4. The molecule has 0 fully saturated rings. The Bertz CT molecular complexity index is 1210. The van der Waals surface area contributed by atoms with Gasteiger partial charge in [0.2, 0.25) is 0 Å². The van der Waals surface area contributed by atoms with Crippen LogP contribution in [0.25, 0.3) is 0 Å². The summed E-state index contributed by atoms with van der Waals surface area (Å²) >= 11 is 0. The van der Waals surface area contributed by atoms with Crippen LogP contribution in [0.1, 0.15) is 23.7 Å². The van der Waals surface area contributed by atoms with E-state index in [0.717, 1.165) is 16.8 Å². The van der Waals surface area contributed by atoms with Gasteiger partial charge in [0.05, 0.1) is 18.8 Å². The Morgan fingerprint density at radius 1 is 0.882 bits per heavy atom. The van der Waals surface area contributed by atoms with E-state index in [1.54, 1.807) is 17.0 Å². The first kappa shape index (κ1) is 23.1. The van der Waals surface area contributed by atoms with Gasteiger partial charge in [-0.05, 0) is 54.4 Å². The molecule has 174 valence electrons. The fourth-order valence-corrected chi connectivity index (χ4v) is 3.78. The van der Waals surface area contributed by atoms with Crippen molar-refractivity contribution in [3.05, 3.63) is 120 Å². The molecule has 4 rings (SSSR count). The van der Waals surface area contributed by atoms with Crippen molar-refractivity contribution >= 4 is 11.7 Å². The van der Waals surface area contributed by atoms with Gasteiger partial charge in [0.15, 0.2) is 0 Å². The first-order valence-corrected chi connectivity index (χ1v) is 11.3. The molecule has 0 aliphatic rings. The van der Waals surface area contributed by atoms with Crippen LogP contribution in [-0.4, -0.2) is 22.1 Å². The predicted octanol–water partition coefficient (Wildman–Crippen LogP) is 6.31. The van der Waals surface area contributed by atoms with E-state index >= 15 is 0 Å². The fourth-order valence-electron chi connectivity index (χ4n) is 3.78. The lowest BCUT2D eigenvalue weighted by molar-refractivity contribution is 0.205. The van der Waals surface area contributed by atoms with Crippen LogP contribution >= 0.6 is 0 Å². The highest BCUT2D eigenvalue weighted by molar-refractivity contribution is 5.91. The number of rotatable bonds is 9. The predicted molar refractivity (Wildman–Crippen MR) is 132 cm³/mol. The Labute approximate surface area is 199 Å². The average Bonchev–Trinajstić information content (AvgIpc) is 3.28. The van der Waals surface area contributed by atoms with Crippen LogP contribution < -0.4 is 10.1 Å². The quantitative estimate of drug-likeness (QED) is 0.320. The van der Waals surface area contributed by atoms with E-state index in [1.807, 2.05) is 79.9 Å². The van der Waals surface area contributed by atoms with Crippen molar-refractivity contribution < 1.29 is 13.9 Å². The molecule has 0 spiro atoms. The zero-order valence-electron chi connectivity index (χ0n) is 19.2. The van der Waals surface area contributed by atoms with Gasteiger partial charge in [-0.2, -0.15) is 0 Å². The number of halogens is 1. The summed E-state index contributed by atoms with van der Waals surface area (Å²) in [5, 5.41) is 3.01. The number of hydrogen-bond acceptors (Lipinski definition) is 2. The number of anilines is 1. The molecule has 34 heavy (non-hydrogen) atoms. The Kier molecular flexibility index (Phi) is 7.60. The number of hydrogen-bond donors (Lipinski definition) is 1. The van der Waals surface area contributed by atoms with E-state index in [1.165, 1.54) is 12.1 Å². The zero-order chi connectivity index (χ0) is 23.8. The zero-order valence-corrected chi connectivity index (χ0v) is 19.2. The van der Waals surface area contributed by atoms with Crippen molar-refractivity contribution in [1.82, 2.24) is 9.47 Å². The van der Waals surface area contributed by atoms with Gasteiger partial charge < -0.3 is 19.5 Å². The Balaban J connectivity index is 1.56. The molecule has 4 aromatic rings. The second kappa shape index (κ2) is 11.2. The molecule has 0 unspecified atom stereocenters. The Hall–Kier alpha value is -4.06. The van der Waals surface area contributed by atoms with E-state index in [4.69, 9.17) is 4.74 Å². The molecule has 3 aromatic carbocycles. The molecule has 0 radical (unpaired) electrons. The molecule has 5 nitrogen and oxygen atoms in total. The highest BCUT2D eigenvalue weighted by Gasteiger charge is 2.18. The lowest BCUT2D eigenvalue weighted by atomic mass is 10.2. The van der Waals surface area contributed by atoms with Crippen LogP contribution in [0.15, 0.2) is 97.2 Å². The average molecular weight is 458 g/mol. The molecule has 6 heteroatoms. The number of urea groups is 1. The SMILES string of the molecule is CCOc1ccccc1NC(=O)N(Cc1ccccc1)Cc1cccn1Cc1ccc(F)cc1. The highest BCUT2D eigenvalue weighted by atomic mass is 19.1. The lowest BCUT2D eigenvalue weighted by Gasteiger charge is -2.25. The van der Waals surface area contributed by atoms with E-state index < -0.39 is 0 Å². The van der Waals surface area contributed by atoms with Crippen LogP contribution in [0.5, 0.6) is 5.75 Å². The van der Waals surface area contributed by atoms with Crippen molar-refractivity contribution in [3.63, 3.8) is 0 Å². The van der Waals surface area contributed by atoms with E-state index in [2.05, 4.69) is 9.88 Å². The molecule has 0 saturated heterocycles. The van der Waals surface area contributed by atoms with Crippen molar-refractivity contribution in [2.75, 3.05) is 11.9 Å². The number of aromatic nitrogens is 1. The van der Waals surface area contributed by atoms with E-state index in [9.17, 15) is 9.18 Å². The van der Waals surface area contributed by atoms with Gasteiger partial charge in [-0.25, -0.2) is 9.18 Å². The van der Waals surface area contributed by atoms with Crippen LogP contribution in [0.4, 0.5) is 14.9 Å². The molecule has 0 aliphatic heterocycles. The summed E-state index contributed by atoms with van der Waals surface area (Å²) in [6.45, 7) is 3.88. The van der Waals surface area contributed by atoms with Gasteiger partial charge in [0.1, 0.15) is 11.6 Å². The second-order valence-electron chi connectivity index (χ2n) is 7.95. The summed E-state index contributed by atoms with van der Waals surface area (Å²) in [5.41, 5.74) is 3.64. The van der Waals surface area contributed by atoms with Gasteiger partial charge in [-0.1, -0.05) is 54.6 Å². The molecule has 1 N–H and O–H groups in total. The summed E-state index contributed by atoms with van der Waals surface area (Å²) in [7, 11) is 0. The summed E-state index contributed by atoms with van der Waals surface area (Å²) in [6.07, 6.45) is 1.97. The van der Waals surface area contributed by atoms with Gasteiger partial charge in [-0.3, -0.25) is 0 Å². The van der Waals surface area contributed by atoms with Gasteiger partial charge >= 0.3 is 6.03 Å². The molecule has 0 atom stereocenters. The first-order chi connectivity index (χ1) is 16.6. The van der Waals surface area contributed by atoms with Crippen molar-refractivity contribution in [2.24, 2.45) is 0 Å². The smallest absolute Gasteiger partial charge is 0.322 e. The van der Waals surface area contributed by atoms with Crippen molar-refractivity contribution in [3.8, 4) is 5.75 Å². The summed E-state index contributed by atoms with van der Waals surface area (Å²) in [6, 6.07) is 27.5. The van der Waals surface area contributed by atoms with E-state index in [-0.39, 0.29) is 11.8 Å². The number of amides is 2. The van der Waals surface area contributed by atoms with Gasteiger partial charge in [0, 0.05) is 25.0 Å². The number of para-hydroxylation sites is 2. The Morgan fingerprint density at radius 3 is 2.38 bits per heavy atom. The highest BCUT2D eigenvalue weighted by Crippen LogP contribution is 2.25. The van der Waals surface area contributed by atoms with Crippen LogP contribution in [0.3, 0.4) is 0 Å². The minimum Gasteiger partial charge on any atom is -0.492 e. The van der Waals surface area contributed by atoms with Crippen LogP contribution in [-0.2, 0) is 19.6 Å².